The molecule has 0 aliphatic rings. The zero-order chi connectivity index (χ0) is 14.8. The van der Waals surface area contributed by atoms with E-state index in [1.54, 1.807) is 6.92 Å². The Bertz CT molecular complexity index is 443. The molecule has 0 radical (unpaired) electrons. The Morgan fingerprint density at radius 2 is 1.84 bits per heavy atom. The van der Waals surface area contributed by atoms with Gasteiger partial charge in [-0.05, 0) is 13.0 Å². The first kappa shape index (κ1) is 16.1. The first-order chi connectivity index (χ1) is 8.88. The first-order valence-electron chi connectivity index (χ1n) is 5.01. The number of nitrogens with two attached hydrogens (primary N) is 3. The van der Waals surface area contributed by atoms with Crippen LogP contribution in [0.3, 0.4) is 0 Å². The van der Waals surface area contributed by atoms with Crippen molar-refractivity contribution in [2.45, 2.75) is 6.92 Å². The molecule has 1 aromatic rings. The summed E-state index contributed by atoms with van der Waals surface area (Å²) in [5.74, 6) is -0.529. The lowest BCUT2D eigenvalue weighted by molar-refractivity contribution is -0.111. The Hall–Kier alpha value is -2.91. The number of amides is 2. The fraction of sp³-hybridized carbons (Fsp3) is 0.222. The Morgan fingerprint density at radius 1 is 1.32 bits per heavy atom. The number of hydrogen-bond donors (Lipinski definition) is 4. The zero-order valence-electron chi connectivity index (χ0n) is 10.3. The van der Waals surface area contributed by atoms with Crippen LogP contribution in [0.5, 0.6) is 0 Å². The van der Waals surface area contributed by atoms with Crippen LogP contribution in [-0.2, 0) is 9.53 Å². The standard InChI is InChI=1S/C6H8N6O.C3H7NO2/c1-2-3(13)9-6-11-4(7)10-5(8)12-6;1-2-6-3(4)5/h2H,1H2,(H5,7,8,9,10,11,12,13);2H2,1H3,(H2,4,5). The van der Waals surface area contributed by atoms with Gasteiger partial charge in [0.1, 0.15) is 0 Å². The van der Waals surface area contributed by atoms with Gasteiger partial charge in [0.2, 0.25) is 23.8 Å². The Labute approximate surface area is 109 Å². The summed E-state index contributed by atoms with van der Waals surface area (Å²) in [6.07, 6.45) is 0.369. The van der Waals surface area contributed by atoms with Crippen LogP contribution in [0.2, 0.25) is 0 Å². The molecule has 7 N–H and O–H groups in total. The average Bonchev–Trinajstić information content (AvgIpc) is 2.27. The van der Waals surface area contributed by atoms with Crippen LogP contribution in [-0.4, -0.2) is 33.6 Å². The minimum atomic E-state index is -0.711. The van der Waals surface area contributed by atoms with Crippen molar-refractivity contribution in [3.05, 3.63) is 12.7 Å². The second-order valence-corrected chi connectivity index (χ2v) is 2.82. The molecule has 19 heavy (non-hydrogen) atoms. The number of anilines is 3. The van der Waals surface area contributed by atoms with E-state index in [0.717, 1.165) is 6.08 Å². The quantitative estimate of drug-likeness (QED) is 0.519. The van der Waals surface area contributed by atoms with E-state index in [-0.39, 0.29) is 17.8 Å². The van der Waals surface area contributed by atoms with E-state index < -0.39 is 12.0 Å². The topological polar surface area (TPSA) is 172 Å². The molecule has 0 fully saturated rings. The maximum absolute atomic E-state index is 10.8. The molecule has 0 aromatic carbocycles. The van der Waals surface area contributed by atoms with Gasteiger partial charge in [-0.15, -0.1) is 0 Å². The maximum Gasteiger partial charge on any atom is 0.404 e. The number of hydrogen-bond acceptors (Lipinski definition) is 8. The summed E-state index contributed by atoms with van der Waals surface area (Å²) in [4.78, 5) is 31.2. The lowest BCUT2D eigenvalue weighted by Crippen LogP contribution is -2.13. The molecule has 10 nitrogen and oxygen atoms in total. The molecule has 0 aliphatic carbocycles. The Morgan fingerprint density at radius 3 is 2.16 bits per heavy atom. The van der Waals surface area contributed by atoms with Gasteiger partial charge < -0.3 is 21.9 Å². The third-order valence-electron chi connectivity index (χ3n) is 1.38. The van der Waals surface area contributed by atoms with Crippen LogP contribution in [0.1, 0.15) is 6.92 Å². The summed E-state index contributed by atoms with van der Waals surface area (Å²) in [5, 5.41) is 2.29. The van der Waals surface area contributed by atoms with Crippen molar-refractivity contribution in [3.63, 3.8) is 0 Å². The van der Waals surface area contributed by atoms with Crippen molar-refractivity contribution >= 4 is 29.8 Å². The third-order valence-corrected chi connectivity index (χ3v) is 1.38. The maximum atomic E-state index is 10.8. The van der Waals surface area contributed by atoms with Gasteiger partial charge in [-0.25, -0.2) is 4.79 Å². The van der Waals surface area contributed by atoms with E-state index in [2.05, 4.69) is 37.3 Å². The lowest BCUT2D eigenvalue weighted by Gasteiger charge is -2.00. The van der Waals surface area contributed by atoms with Gasteiger partial charge in [0.25, 0.3) is 0 Å². The predicted octanol–water partition coefficient (Wildman–Crippen LogP) is -0.738. The van der Waals surface area contributed by atoms with Crippen molar-refractivity contribution in [1.82, 2.24) is 15.0 Å². The van der Waals surface area contributed by atoms with Gasteiger partial charge in [0.15, 0.2) is 0 Å². The first-order valence-corrected chi connectivity index (χ1v) is 5.01. The van der Waals surface area contributed by atoms with E-state index in [1.165, 1.54) is 0 Å². The normalized spacial score (nSPS) is 8.68. The summed E-state index contributed by atoms with van der Waals surface area (Å²) in [6.45, 7) is 5.31. The highest BCUT2D eigenvalue weighted by atomic mass is 16.5. The molecule has 0 saturated heterocycles. The van der Waals surface area contributed by atoms with Crippen molar-refractivity contribution in [3.8, 4) is 0 Å². The van der Waals surface area contributed by atoms with Gasteiger partial charge in [0.05, 0.1) is 6.61 Å². The van der Waals surface area contributed by atoms with Gasteiger partial charge >= 0.3 is 6.09 Å². The number of nitrogen functional groups attached to an aromatic ring is 2. The van der Waals surface area contributed by atoms with Crippen molar-refractivity contribution in [2.24, 2.45) is 5.73 Å². The van der Waals surface area contributed by atoms with Crippen LogP contribution in [0.25, 0.3) is 0 Å². The number of nitrogens with zero attached hydrogens (tertiary/aromatic N) is 3. The molecule has 0 unspecified atom stereocenters. The van der Waals surface area contributed by atoms with Crippen LogP contribution in [0.15, 0.2) is 12.7 Å². The molecule has 1 aromatic heterocycles. The van der Waals surface area contributed by atoms with Gasteiger partial charge in [0, 0.05) is 0 Å². The predicted molar refractivity (Wildman–Crippen MR) is 68.7 cm³/mol. The lowest BCUT2D eigenvalue weighted by atomic mass is 10.6. The summed E-state index contributed by atoms with van der Waals surface area (Å²) in [5.41, 5.74) is 15.1. The fourth-order valence-electron chi connectivity index (χ4n) is 0.769. The van der Waals surface area contributed by atoms with E-state index in [9.17, 15) is 9.59 Å². The second kappa shape index (κ2) is 8.22. The van der Waals surface area contributed by atoms with E-state index in [4.69, 9.17) is 11.5 Å². The second-order valence-electron chi connectivity index (χ2n) is 2.82. The molecule has 0 spiro atoms. The highest BCUT2D eigenvalue weighted by Gasteiger charge is 2.02. The van der Waals surface area contributed by atoms with E-state index >= 15 is 0 Å². The summed E-state index contributed by atoms with van der Waals surface area (Å²) in [6, 6.07) is 0. The zero-order valence-corrected chi connectivity index (χ0v) is 10.3. The number of aromatic nitrogens is 3. The number of rotatable bonds is 3. The monoisotopic (exact) mass is 269 g/mol. The number of nitrogens with one attached hydrogen (secondary N) is 1. The molecular formula is C9H15N7O3. The number of ether oxygens (including phenoxy) is 1. The van der Waals surface area contributed by atoms with Crippen LogP contribution in [0.4, 0.5) is 22.6 Å². The molecule has 0 bridgehead atoms. The molecule has 0 saturated carbocycles. The van der Waals surface area contributed by atoms with Crippen LogP contribution < -0.4 is 22.5 Å². The Kier molecular flexibility index (Phi) is 6.96. The Balaban J connectivity index is 0.000000459. The minimum absolute atomic E-state index is 0.00917. The molecule has 2 amide bonds. The van der Waals surface area contributed by atoms with Crippen LogP contribution >= 0.6 is 0 Å². The van der Waals surface area contributed by atoms with E-state index in [1.807, 2.05) is 0 Å². The molecule has 1 heterocycles. The van der Waals surface area contributed by atoms with E-state index in [0.29, 0.717) is 6.61 Å². The molecule has 0 aliphatic heterocycles. The van der Waals surface area contributed by atoms with Crippen molar-refractivity contribution in [2.75, 3.05) is 23.4 Å². The summed E-state index contributed by atoms with van der Waals surface area (Å²) >= 11 is 0. The smallest absolute Gasteiger partial charge is 0.404 e. The third kappa shape index (κ3) is 7.90. The molecular weight excluding hydrogens is 254 g/mol. The van der Waals surface area contributed by atoms with Gasteiger partial charge in [-0.3, -0.25) is 10.1 Å². The largest absolute Gasteiger partial charge is 0.450 e. The summed E-state index contributed by atoms with van der Waals surface area (Å²) < 4.78 is 4.18. The number of primary amides is 1. The van der Waals surface area contributed by atoms with Crippen molar-refractivity contribution < 1.29 is 14.3 Å². The number of carbonyl (C=O) groups is 2. The molecule has 104 valence electrons. The molecule has 0 atom stereocenters. The fourth-order valence-corrected chi connectivity index (χ4v) is 0.769. The van der Waals surface area contributed by atoms with Gasteiger partial charge in [-0.1, -0.05) is 6.58 Å². The van der Waals surface area contributed by atoms with Crippen LogP contribution in [0, 0.1) is 0 Å². The number of carbonyl (C=O) groups excluding carboxylic acids is 2. The highest BCUT2D eigenvalue weighted by Crippen LogP contribution is 2.02. The summed E-state index contributed by atoms with van der Waals surface area (Å²) in [7, 11) is 0. The van der Waals surface area contributed by atoms with Gasteiger partial charge in [-0.2, -0.15) is 15.0 Å². The molecule has 10 heteroatoms. The SMILES string of the molecule is C=CC(=O)Nc1nc(N)nc(N)n1.CCOC(N)=O. The molecule has 1 rings (SSSR count). The minimum Gasteiger partial charge on any atom is -0.450 e. The highest BCUT2D eigenvalue weighted by molar-refractivity contribution is 5.97. The van der Waals surface area contributed by atoms with Crippen molar-refractivity contribution in [1.29, 1.82) is 0 Å². The average molecular weight is 269 g/mol.